The lowest BCUT2D eigenvalue weighted by molar-refractivity contribution is -0.113. The van der Waals surface area contributed by atoms with Crippen LogP contribution in [0.1, 0.15) is 49.7 Å². The van der Waals surface area contributed by atoms with E-state index in [1.807, 2.05) is 18.2 Å². The predicted molar refractivity (Wildman–Crippen MR) is 150 cm³/mol. The number of hydrogen-bond acceptors (Lipinski definition) is 5. The van der Waals surface area contributed by atoms with Gasteiger partial charge in [0.1, 0.15) is 5.75 Å². The van der Waals surface area contributed by atoms with Crippen LogP contribution in [0, 0.1) is 17.8 Å². The van der Waals surface area contributed by atoms with Gasteiger partial charge in [-0.15, -0.1) is 0 Å². The summed E-state index contributed by atoms with van der Waals surface area (Å²) in [6.45, 7) is 3.80. The number of phenols is 1. The molecule has 4 saturated carbocycles. The number of amides is 1. The van der Waals surface area contributed by atoms with Crippen molar-refractivity contribution in [1.29, 1.82) is 0 Å². The SMILES string of the molecule is CN1CCN(C2=NC(=O)C(=Cc3cccc(-c4ccc(O)c(C56CC7CC(CC(C7)C5)C6)c4)c3)S2)CC1. The molecular formula is C31H35N3O2S. The van der Waals surface area contributed by atoms with Crippen molar-refractivity contribution in [3.63, 3.8) is 0 Å². The highest BCUT2D eigenvalue weighted by Crippen LogP contribution is 2.62. The number of benzene rings is 2. The third kappa shape index (κ3) is 4.32. The van der Waals surface area contributed by atoms with Crippen LogP contribution < -0.4 is 0 Å². The van der Waals surface area contributed by atoms with Crippen molar-refractivity contribution in [2.45, 2.75) is 43.9 Å². The first-order chi connectivity index (χ1) is 17.9. The quantitative estimate of drug-likeness (QED) is 0.530. The van der Waals surface area contributed by atoms with E-state index in [0.717, 1.165) is 65.8 Å². The number of carbonyl (C=O) groups excluding carboxylic acids is 1. The van der Waals surface area contributed by atoms with Gasteiger partial charge in [-0.25, -0.2) is 0 Å². The Morgan fingerprint density at radius 1 is 0.946 bits per heavy atom. The molecule has 37 heavy (non-hydrogen) atoms. The minimum absolute atomic E-state index is 0.141. The number of carbonyl (C=O) groups is 1. The molecule has 0 spiro atoms. The fourth-order valence-electron chi connectivity index (χ4n) is 8.07. The Hall–Kier alpha value is -2.57. The van der Waals surface area contributed by atoms with Gasteiger partial charge in [-0.05, 0) is 121 Å². The monoisotopic (exact) mass is 513 g/mol. The molecule has 0 unspecified atom stereocenters. The number of piperazine rings is 1. The summed E-state index contributed by atoms with van der Waals surface area (Å²) < 4.78 is 0. The second kappa shape index (κ2) is 9.02. The van der Waals surface area contributed by atoms with Gasteiger partial charge >= 0.3 is 0 Å². The molecule has 1 amide bonds. The molecule has 5 nitrogen and oxygen atoms in total. The van der Waals surface area contributed by atoms with Gasteiger partial charge in [0.05, 0.1) is 4.91 Å². The maximum atomic E-state index is 12.7. The molecule has 4 aliphatic carbocycles. The van der Waals surface area contributed by atoms with E-state index in [1.165, 1.54) is 55.9 Å². The topological polar surface area (TPSA) is 56.1 Å². The molecule has 1 saturated heterocycles. The summed E-state index contributed by atoms with van der Waals surface area (Å²) >= 11 is 1.50. The number of aromatic hydroxyl groups is 1. The molecule has 2 heterocycles. The third-order valence-electron chi connectivity index (χ3n) is 9.51. The van der Waals surface area contributed by atoms with Crippen molar-refractivity contribution in [1.82, 2.24) is 9.80 Å². The molecule has 8 rings (SSSR count). The van der Waals surface area contributed by atoms with Crippen LogP contribution in [-0.4, -0.2) is 59.2 Å². The largest absolute Gasteiger partial charge is 0.508 e. The first-order valence-corrected chi connectivity index (χ1v) is 14.7. The van der Waals surface area contributed by atoms with Crippen molar-refractivity contribution < 1.29 is 9.90 Å². The van der Waals surface area contributed by atoms with Crippen molar-refractivity contribution >= 4 is 28.9 Å². The fourth-order valence-corrected chi connectivity index (χ4v) is 9.04. The van der Waals surface area contributed by atoms with E-state index in [9.17, 15) is 9.90 Å². The van der Waals surface area contributed by atoms with Gasteiger partial charge in [0.15, 0.2) is 5.17 Å². The van der Waals surface area contributed by atoms with Gasteiger partial charge in [0.2, 0.25) is 0 Å². The summed E-state index contributed by atoms with van der Waals surface area (Å²) in [5.41, 5.74) is 4.59. The number of amidine groups is 1. The minimum Gasteiger partial charge on any atom is -0.508 e. The lowest BCUT2D eigenvalue weighted by Gasteiger charge is -2.57. The van der Waals surface area contributed by atoms with Gasteiger partial charge in [-0.1, -0.05) is 24.3 Å². The fraction of sp³-hybridized carbons (Fsp3) is 0.484. The molecule has 1 N–H and O–H groups in total. The van der Waals surface area contributed by atoms with Crippen LogP contribution in [-0.2, 0) is 10.2 Å². The Morgan fingerprint density at radius 2 is 1.62 bits per heavy atom. The molecule has 5 fully saturated rings. The maximum absolute atomic E-state index is 12.7. The van der Waals surface area contributed by atoms with E-state index >= 15 is 0 Å². The Morgan fingerprint density at radius 3 is 2.32 bits per heavy atom. The average Bonchev–Trinajstić information content (AvgIpc) is 3.24. The molecule has 2 aromatic rings. The summed E-state index contributed by atoms with van der Waals surface area (Å²) in [5, 5.41) is 11.8. The first-order valence-electron chi connectivity index (χ1n) is 13.8. The second-order valence-corrected chi connectivity index (χ2v) is 13.2. The molecule has 2 aromatic carbocycles. The van der Waals surface area contributed by atoms with Crippen LogP contribution in [0.3, 0.4) is 0 Å². The zero-order chi connectivity index (χ0) is 25.1. The Bertz CT molecular complexity index is 1270. The van der Waals surface area contributed by atoms with E-state index < -0.39 is 0 Å². The minimum atomic E-state index is -0.141. The molecule has 192 valence electrons. The number of thioether (sulfide) groups is 1. The van der Waals surface area contributed by atoms with E-state index in [2.05, 4.69) is 52.2 Å². The average molecular weight is 514 g/mol. The van der Waals surface area contributed by atoms with Crippen LogP contribution >= 0.6 is 11.8 Å². The number of likely N-dealkylation sites (N-methyl/N-ethyl adjacent to an activating group) is 1. The van der Waals surface area contributed by atoms with Crippen molar-refractivity contribution in [3.8, 4) is 16.9 Å². The molecule has 4 bridgehead atoms. The highest BCUT2D eigenvalue weighted by atomic mass is 32.2. The number of aliphatic imine (C=N–C) groups is 1. The lowest BCUT2D eigenvalue weighted by Crippen LogP contribution is -2.48. The van der Waals surface area contributed by atoms with Crippen LogP contribution in [0.2, 0.25) is 0 Å². The molecule has 2 aliphatic heterocycles. The van der Waals surface area contributed by atoms with E-state index in [1.54, 1.807) is 0 Å². The Balaban J connectivity index is 1.14. The smallest absolute Gasteiger partial charge is 0.286 e. The lowest BCUT2D eigenvalue weighted by atomic mass is 9.48. The summed E-state index contributed by atoms with van der Waals surface area (Å²) in [7, 11) is 2.13. The standard InChI is InChI=1S/C31H35N3O2S/c1-33-7-9-34(10-8-33)30-32-29(36)28(37-30)15-20-3-2-4-24(14-20)25-5-6-27(35)26(16-25)31-17-21-11-22(18-31)13-23(12-21)19-31/h2-6,14-16,21-23,35H,7-13,17-19H2,1H3. The van der Waals surface area contributed by atoms with Crippen LogP contribution in [0.15, 0.2) is 52.4 Å². The maximum Gasteiger partial charge on any atom is 0.286 e. The van der Waals surface area contributed by atoms with Crippen molar-refractivity contribution in [3.05, 3.63) is 58.5 Å². The van der Waals surface area contributed by atoms with Gasteiger partial charge in [0.25, 0.3) is 5.91 Å². The van der Waals surface area contributed by atoms with Crippen molar-refractivity contribution in [2.75, 3.05) is 33.2 Å². The Kier molecular flexibility index (Phi) is 5.74. The predicted octanol–water partition coefficient (Wildman–Crippen LogP) is 5.74. The van der Waals surface area contributed by atoms with E-state index in [-0.39, 0.29) is 11.3 Å². The van der Waals surface area contributed by atoms with E-state index in [0.29, 0.717) is 10.7 Å². The third-order valence-corrected chi connectivity index (χ3v) is 10.6. The summed E-state index contributed by atoms with van der Waals surface area (Å²) in [6, 6.07) is 14.6. The van der Waals surface area contributed by atoms with Gasteiger partial charge < -0.3 is 14.9 Å². The summed E-state index contributed by atoms with van der Waals surface area (Å²) in [6.07, 6.45) is 9.86. The van der Waals surface area contributed by atoms with Gasteiger partial charge in [-0.3, -0.25) is 4.79 Å². The number of hydrogen-bond donors (Lipinski definition) is 1. The van der Waals surface area contributed by atoms with Crippen LogP contribution in [0.25, 0.3) is 17.2 Å². The number of nitrogens with zero attached hydrogens (tertiary/aromatic N) is 3. The summed E-state index contributed by atoms with van der Waals surface area (Å²) in [4.78, 5) is 22.3. The first kappa shape index (κ1) is 23.5. The molecule has 0 radical (unpaired) electrons. The van der Waals surface area contributed by atoms with Crippen LogP contribution in [0.4, 0.5) is 0 Å². The van der Waals surface area contributed by atoms with Gasteiger partial charge in [-0.2, -0.15) is 4.99 Å². The van der Waals surface area contributed by atoms with Gasteiger partial charge in [0, 0.05) is 31.7 Å². The van der Waals surface area contributed by atoms with Crippen LogP contribution in [0.5, 0.6) is 5.75 Å². The normalized spacial score (nSPS) is 32.4. The zero-order valence-corrected chi connectivity index (χ0v) is 22.3. The molecule has 6 heteroatoms. The molecule has 0 atom stereocenters. The summed E-state index contributed by atoms with van der Waals surface area (Å²) in [5.74, 6) is 2.83. The molecule has 6 aliphatic rings. The zero-order valence-electron chi connectivity index (χ0n) is 21.5. The second-order valence-electron chi connectivity index (χ2n) is 12.2. The Labute approximate surface area is 223 Å². The highest BCUT2D eigenvalue weighted by molar-refractivity contribution is 8.18. The van der Waals surface area contributed by atoms with E-state index in [4.69, 9.17) is 0 Å². The molecular weight excluding hydrogens is 478 g/mol. The number of rotatable bonds is 3. The highest BCUT2D eigenvalue weighted by Gasteiger charge is 2.52. The van der Waals surface area contributed by atoms with Crippen molar-refractivity contribution in [2.24, 2.45) is 22.7 Å². The number of phenolic OH excluding ortho intramolecular Hbond substituents is 1. The molecule has 0 aromatic heterocycles.